The molecule has 2 N–H and O–H groups in total. The van der Waals surface area contributed by atoms with Crippen LogP contribution in [0, 0.1) is 5.92 Å². The molecular weight excluding hydrogens is 238 g/mol. The Morgan fingerprint density at radius 2 is 2.00 bits per heavy atom. The van der Waals surface area contributed by atoms with E-state index in [0.29, 0.717) is 0 Å². The zero-order chi connectivity index (χ0) is 13.2. The molecule has 3 rings (SSSR count). The number of hydrogen-bond donors (Lipinski definition) is 0. The standard InChI is InChI=1S/C16H17NO2/c18-16(19)14-8-9-17(11-14)10-13-6-3-5-12-4-1-2-7-15(12)13/h1-7,14H,8-11H2,(H,18,19)/p+1/t14-/m0/s1. The van der Waals surface area contributed by atoms with E-state index < -0.39 is 5.97 Å². The lowest BCUT2D eigenvalue weighted by atomic mass is 10.0. The summed E-state index contributed by atoms with van der Waals surface area (Å²) >= 11 is 0. The van der Waals surface area contributed by atoms with Crippen LogP contribution in [0.2, 0.25) is 0 Å². The summed E-state index contributed by atoms with van der Waals surface area (Å²) in [6.07, 6.45) is 0.826. The number of fused-ring (bicyclic) bond motifs is 1. The molecule has 0 aliphatic carbocycles. The number of carbonyl (C=O) groups is 1. The summed E-state index contributed by atoms with van der Waals surface area (Å²) in [7, 11) is 0. The van der Waals surface area contributed by atoms with Gasteiger partial charge in [-0.15, -0.1) is 0 Å². The molecule has 1 atom stereocenters. The van der Waals surface area contributed by atoms with Gasteiger partial charge in [0.2, 0.25) is 0 Å². The van der Waals surface area contributed by atoms with E-state index in [1.165, 1.54) is 16.3 Å². The first-order valence-corrected chi connectivity index (χ1v) is 6.68. The van der Waals surface area contributed by atoms with Gasteiger partial charge in [-0.05, 0) is 29.3 Å². The Morgan fingerprint density at radius 3 is 2.79 bits per heavy atom. The Balaban J connectivity index is 1.81. The van der Waals surface area contributed by atoms with Gasteiger partial charge in [0.1, 0.15) is 5.92 Å². The minimum atomic E-state index is -0.416. The Morgan fingerprint density at radius 1 is 1.21 bits per heavy atom. The van der Waals surface area contributed by atoms with Crippen molar-refractivity contribution in [3.63, 3.8) is 0 Å². The first kappa shape index (κ1) is 12.2. The maximum Gasteiger partial charge on any atom is 0.520 e. The molecule has 0 amide bonds. The Bertz CT molecular complexity index is 603. The number of hydrogen-bond acceptors (Lipinski definition) is 2. The van der Waals surface area contributed by atoms with Crippen LogP contribution in [0.15, 0.2) is 42.5 Å². The maximum atomic E-state index is 11.1. The fourth-order valence-corrected chi connectivity index (χ4v) is 2.86. The van der Waals surface area contributed by atoms with E-state index in [9.17, 15) is 4.79 Å². The van der Waals surface area contributed by atoms with E-state index in [-0.39, 0.29) is 5.92 Å². The van der Waals surface area contributed by atoms with Crippen molar-refractivity contribution >= 4 is 16.7 Å². The van der Waals surface area contributed by atoms with Crippen LogP contribution in [-0.2, 0) is 11.3 Å². The minimum Gasteiger partial charge on any atom is -0.564 e. The molecular formula is C16H18NO2+. The molecule has 3 heteroatoms. The summed E-state index contributed by atoms with van der Waals surface area (Å²) in [5.41, 5.74) is 1.30. The fourth-order valence-electron chi connectivity index (χ4n) is 2.86. The van der Waals surface area contributed by atoms with Gasteiger partial charge in [0.05, 0.1) is 0 Å². The topological polar surface area (TPSA) is 43.2 Å². The van der Waals surface area contributed by atoms with Gasteiger partial charge in [-0.3, -0.25) is 4.90 Å². The largest absolute Gasteiger partial charge is 0.564 e. The van der Waals surface area contributed by atoms with E-state index in [4.69, 9.17) is 5.11 Å². The van der Waals surface area contributed by atoms with E-state index >= 15 is 0 Å². The van der Waals surface area contributed by atoms with Gasteiger partial charge in [0.25, 0.3) is 0 Å². The zero-order valence-corrected chi connectivity index (χ0v) is 10.8. The second-order valence-electron chi connectivity index (χ2n) is 5.22. The van der Waals surface area contributed by atoms with Crippen LogP contribution in [-0.4, -0.2) is 29.1 Å². The van der Waals surface area contributed by atoms with Crippen molar-refractivity contribution in [1.82, 2.24) is 4.90 Å². The van der Waals surface area contributed by atoms with E-state index in [1.54, 1.807) is 0 Å². The predicted octanol–water partition coefficient (Wildman–Crippen LogP) is 1.91. The number of likely N-dealkylation sites (tertiary alicyclic amines) is 1. The summed E-state index contributed by atoms with van der Waals surface area (Å²) < 4.78 is 0. The number of carbonyl (C=O) groups excluding carboxylic acids is 1. The Hall–Kier alpha value is -1.87. The van der Waals surface area contributed by atoms with Gasteiger partial charge in [0.15, 0.2) is 0 Å². The van der Waals surface area contributed by atoms with Crippen molar-refractivity contribution in [1.29, 1.82) is 0 Å². The summed E-state index contributed by atoms with van der Waals surface area (Å²) in [4.78, 5) is 13.4. The highest BCUT2D eigenvalue weighted by Crippen LogP contribution is 2.23. The van der Waals surface area contributed by atoms with E-state index in [1.807, 2.05) is 0 Å². The lowest BCUT2D eigenvalue weighted by Crippen LogP contribution is -2.22. The van der Waals surface area contributed by atoms with Crippen LogP contribution in [0.5, 0.6) is 0 Å². The van der Waals surface area contributed by atoms with Crippen LogP contribution in [0.3, 0.4) is 0 Å². The van der Waals surface area contributed by atoms with Crippen LogP contribution in [0.4, 0.5) is 0 Å². The van der Waals surface area contributed by atoms with Gasteiger partial charge in [-0.25, -0.2) is 0 Å². The molecule has 0 saturated carbocycles. The summed E-state index contributed by atoms with van der Waals surface area (Å²) in [5, 5.41) is 9.75. The van der Waals surface area contributed by atoms with Crippen molar-refractivity contribution in [3.8, 4) is 0 Å². The predicted molar refractivity (Wildman–Crippen MR) is 76.0 cm³/mol. The van der Waals surface area contributed by atoms with Gasteiger partial charge < -0.3 is 5.11 Å². The molecule has 1 aliphatic heterocycles. The van der Waals surface area contributed by atoms with Crippen molar-refractivity contribution in [2.45, 2.75) is 13.0 Å². The van der Waals surface area contributed by atoms with Crippen molar-refractivity contribution in [2.75, 3.05) is 13.1 Å². The Kier molecular flexibility index (Phi) is 3.22. The normalized spacial score (nSPS) is 19.9. The van der Waals surface area contributed by atoms with Crippen molar-refractivity contribution < 1.29 is 9.90 Å². The number of benzene rings is 2. The molecule has 0 bridgehead atoms. The van der Waals surface area contributed by atoms with Gasteiger partial charge >= 0.3 is 5.97 Å². The number of rotatable bonds is 3. The average molecular weight is 256 g/mol. The Labute approximate surface area is 112 Å². The van der Waals surface area contributed by atoms with E-state index in [0.717, 1.165) is 26.1 Å². The SMILES string of the molecule is O=C([OH2+])[C@H]1CCN(Cc2cccc3ccccc23)C1. The molecule has 0 aromatic heterocycles. The molecule has 2 aromatic carbocycles. The van der Waals surface area contributed by atoms with Crippen LogP contribution < -0.4 is 0 Å². The first-order chi connectivity index (χ1) is 9.24. The molecule has 3 nitrogen and oxygen atoms in total. The van der Waals surface area contributed by atoms with E-state index in [2.05, 4.69) is 47.4 Å². The second kappa shape index (κ2) is 5.02. The average Bonchev–Trinajstić information content (AvgIpc) is 2.88. The molecule has 2 aromatic rings. The van der Waals surface area contributed by atoms with Gasteiger partial charge in [-0.2, -0.15) is 0 Å². The lowest BCUT2D eigenvalue weighted by Gasteiger charge is -2.16. The monoisotopic (exact) mass is 256 g/mol. The molecule has 0 unspecified atom stereocenters. The summed E-state index contributed by atoms with van der Waals surface area (Å²) in [6, 6.07) is 14.7. The molecule has 98 valence electrons. The van der Waals surface area contributed by atoms with Gasteiger partial charge in [-0.1, -0.05) is 42.5 Å². The smallest absolute Gasteiger partial charge is 0.520 e. The second-order valence-corrected chi connectivity index (χ2v) is 5.22. The van der Waals surface area contributed by atoms with Crippen LogP contribution in [0.25, 0.3) is 10.8 Å². The zero-order valence-electron chi connectivity index (χ0n) is 10.8. The van der Waals surface area contributed by atoms with Crippen molar-refractivity contribution in [2.24, 2.45) is 5.92 Å². The fraction of sp³-hybridized carbons (Fsp3) is 0.312. The molecule has 1 saturated heterocycles. The maximum absolute atomic E-state index is 11.1. The first-order valence-electron chi connectivity index (χ1n) is 6.68. The third kappa shape index (κ3) is 2.47. The molecule has 1 fully saturated rings. The van der Waals surface area contributed by atoms with Crippen LogP contribution >= 0.6 is 0 Å². The molecule has 19 heavy (non-hydrogen) atoms. The summed E-state index contributed by atoms with van der Waals surface area (Å²) in [6.45, 7) is 2.51. The minimum absolute atomic E-state index is 0.0880. The highest BCUT2D eigenvalue weighted by molar-refractivity contribution is 5.85. The summed E-state index contributed by atoms with van der Waals surface area (Å²) in [5.74, 6) is -0.504. The third-order valence-corrected chi connectivity index (χ3v) is 3.92. The lowest BCUT2D eigenvalue weighted by molar-refractivity contribution is -0.141. The highest BCUT2D eigenvalue weighted by atomic mass is 16.4. The third-order valence-electron chi connectivity index (χ3n) is 3.92. The van der Waals surface area contributed by atoms with Gasteiger partial charge in [0, 0.05) is 17.9 Å². The quantitative estimate of drug-likeness (QED) is 0.787. The molecule has 0 radical (unpaired) electrons. The highest BCUT2D eigenvalue weighted by Gasteiger charge is 2.32. The molecule has 1 heterocycles. The molecule has 0 spiro atoms. The van der Waals surface area contributed by atoms with Crippen LogP contribution in [0.1, 0.15) is 12.0 Å². The molecule has 1 aliphatic rings. The van der Waals surface area contributed by atoms with Crippen molar-refractivity contribution in [3.05, 3.63) is 48.0 Å². The number of nitrogens with zero attached hydrogens (tertiary/aromatic N) is 1.